The van der Waals surface area contributed by atoms with Gasteiger partial charge in [0, 0.05) is 27.3 Å². The highest BCUT2D eigenvalue weighted by molar-refractivity contribution is 6.66. The van der Waals surface area contributed by atoms with Crippen LogP contribution in [-0.2, 0) is 9.31 Å². The molecule has 1 aliphatic rings. The minimum Gasteiger partial charge on any atom is -0.399 e. The fourth-order valence-electron chi connectivity index (χ4n) is 3.88. The Kier molecular flexibility index (Phi) is 3.14. The molecular weight excluding hydrogens is 321 g/mol. The van der Waals surface area contributed by atoms with E-state index in [-0.39, 0.29) is 18.3 Å². The van der Waals surface area contributed by atoms with Crippen LogP contribution in [-0.4, -0.2) is 23.3 Å². The molecule has 0 amide bonds. The maximum Gasteiger partial charge on any atom is 0.497 e. The summed E-state index contributed by atoms with van der Waals surface area (Å²) < 4.78 is 12.7. The predicted octanol–water partition coefficient (Wildman–Crippen LogP) is 4.77. The molecule has 3 nitrogen and oxygen atoms in total. The average Bonchev–Trinajstić information content (AvgIpc) is 3.09. The highest BCUT2D eigenvalue weighted by atomic mass is 16.7. The van der Waals surface area contributed by atoms with Crippen molar-refractivity contribution in [1.82, 2.24) is 4.98 Å². The summed E-state index contributed by atoms with van der Waals surface area (Å²) in [4.78, 5) is 3.61. The Bertz CT molecular complexity index is 1140. The molecule has 4 heteroatoms. The van der Waals surface area contributed by atoms with Gasteiger partial charge in [0.2, 0.25) is 0 Å². The van der Waals surface area contributed by atoms with Gasteiger partial charge in [-0.25, -0.2) is 0 Å². The third-order valence-corrected chi connectivity index (χ3v) is 6.04. The molecule has 2 heterocycles. The van der Waals surface area contributed by atoms with E-state index in [9.17, 15) is 0 Å². The van der Waals surface area contributed by atoms with E-state index in [1.54, 1.807) is 0 Å². The zero-order valence-corrected chi connectivity index (χ0v) is 15.6. The first-order valence-electron chi connectivity index (χ1n) is 9.15. The minimum atomic E-state index is -0.389. The molecule has 1 aromatic heterocycles. The Morgan fingerprint density at radius 3 is 2.15 bits per heavy atom. The van der Waals surface area contributed by atoms with Crippen molar-refractivity contribution in [3.63, 3.8) is 0 Å². The molecule has 1 N–H and O–H groups in total. The van der Waals surface area contributed by atoms with Gasteiger partial charge in [-0.2, -0.15) is 0 Å². The van der Waals surface area contributed by atoms with Crippen LogP contribution >= 0.6 is 0 Å². The van der Waals surface area contributed by atoms with E-state index < -0.39 is 0 Å². The highest BCUT2D eigenvalue weighted by Crippen LogP contribution is 2.38. The quantitative estimate of drug-likeness (QED) is 0.505. The van der Waals surface area contributed by atoms with Gasteiger partial charge in [0.15, 0.2) is 0 Å². The van der Waals surface area contributed by atoms with Crippen LogP contribution in [0.4, 0.5) is 0 Å². The molecule has 1 saturated heterocycles. The van der Waals surface area contributed by atoms with Crippen molar-refractivity contribution in [3.05, 3.63) is 54.6 Å². The molecule has 0 radical (unpaired) electrons. The van der Waals surface area contributed by atoms with Gasteiger partial charge < -0.3 is 14.3 Å². The molecule has 1 fully saturated rings. The lowest BCUT2D eigenvalue weighted by atomic mass is 9.76. The Morgan fingerprint density at radius 2 is 1.42 bits per heavy atom. The number of rotatable bonds is 1. The second-order valence-electron chi connectivity index (χ2n) is 8.20. The van der Waals surface area contributed by atoms with Crippen LogP contribution in [0.25, 0.3) is 32.6 Å². The van der Waals surface area contributed by atoms with Crippen LogP contribution in [0.15, 0.2) is 54.6 Å². The van der Waals surface area contributed by atoms with E-state index >= 15 is 0 Å². The smallest absolute Gasteiger partial charge is 0.399 e. The number of benzene rings is 3. The largest absolute Gasteiger partial charge is 0.497 e. The summed E-state index contributed by atoms with van der Waals surface area (Å²) in [5.74, 6) is 0. The summed E-state index contributed by atoms with van der Waals surface area (Å²) in [5.41, 5.74) is 2.58. The second-order valence-corrected chi connectivity index (χ2v) is 8.20. The predicted molar refractivity (Wildman–Crippen MR) is 109 cm³/mol. The Hall–Kier alpha value is -2.30. The fourth-order valence-corrected chi connectivity index (χ4v) is 3.88. The number of para-hydroxylation sites is 1. The second kappa shape index (κ2) is 5.12. The summed E-state index contributed by atoms with van der Waals surface area (Å²) in [6.07, 6.45) is 0. The third kappa shape index (κ3) is 2.09. The number of H-pyrrole nitrogens is 1. The Balaban J connectivity index is 1.85. The van der Waals surface area contributed by atoms with Crippen LogP contribution in [0, 0.1) is 0 Å². The zero-order valence-electron chi connectivity index (χ0n) is 15.6. The summed E-state index contributed by atoms with van der Waals surface area (Å²) in [5, 5.41) is 4.93. The van der Waals surface area contributed by atoms with Gasteiger partial charge in [0.1, 0.15) is 0 Å². The van der Waals surface area contributed by atoms with Crippen LogP contribution in [0.3, 0.4) is 0 Å². The van der Waals surface area contributed by atoms with Gasteiger partial charge in [0.05, 0.1) is 11.2 Å². The summed E-state index contributed by atoms with van der Waals surface area (Å²) >= 11 is 0. The number of fused-ring (bicyclic) bond motifs is 5. The molecule has 0 bridgehead atoms. The van der Waals surface area contributed by atoms with Crippen molar-refractivity contribution in [3.8, 4) is 0 Å². The number of nitrogens with one attached hydrogen (secondary N) is 1. The Morgan fingerprint density at radius 1 is 0.808 bits per heavy atom. The summed E-state index contributed by atoms with van der Waals surface area (Å²) in [7, 11) is -0.389. The summed E-state index contributed by atoms with van der Waals surface area (Å²) in [6, 6.07) is 19.2. The monoisotopic (exact) mass is 343 g/mol. The molecule has 0 aliphatic carbocycles. The maximum atomic E-state index is 6.36. The van der Waals surface area contributed by atoms with Crippen molar-refractivity contribution in [2.75, 3.05) is 0 Å². The molecular formula is C22H22BNO2. The molecule has 26 heavy (non-hydrogen) atoms. The molecule has 5 rings (SSSR count). The molecule has 4 aromatic rings. The maximum absolute atomic E-state index is 6.36. The fraction of sp³-hybridized carbons (Fsp3) is 0.273. The average molecular weight is 343 g/mol. The van der Waals surface area contributed by atoms with Crippen LogP contribution in [0.1, 0.15) is 27.7 Å². The van der Waals surface area contributed by atoms with Crippen molar-refractivity contribution in [1.29, 1.82) is 0 Å². The van der Waals surface area contributed by atoms with Crippen molar-refractivity contribution < 1.29 is 9.31 Å². The van der Waals surface area contributed by atoms with E-state index in [0.717, 1.165) is 16.5 Å². The van der Waals surface area contributed by atoms with Gasteiger partial charge in [-0.05, 0) is 44.5 Å². The van der Waals surface area contributed by atoms with E-state index in [1.165, 1.54) is 21.5 Å². The number of hydrogen-bond acceptors (Lipinski definition) is 2. The zero-order chi connectivity index (χ0) is 18.1. The van der Waals surface area contributed by atoms with Crippen LogP contribution in [0.5, 0.6) is 0 Å². The highest BCUT2D eigenvalue weighted by Gasteiger charge is 2.52. The Labute approximate surface area is 153 Å². The molecule has 0 spiro atoms. The standard InChI is InChI=1S/C22H22BNO2/c1-21(2)22(3,4)26-23(25-21)17-13-14-9-5-6-10-15(14)19-16-11-7-8-12-18(16)24-20(17)19/h5-13,24H,1-4H3. The van der Waals surface area contributed by atoms with Gasteiger partial charge in [-0.15, -0.1) is 0 Å². The van der Waals surface area contributed by atoms with Gasteiger partial charge in [-0.3, -0.25) is 0 Å². The molecule has 3 aromatic carbocycles. The first kappa shape index (κ1) is 15.9. The van der Waals surface area contributed by atoms with Crippen LogP contribution in [0.2, 0.25) is 0 Å². The van der Waals surface area contributed by atoms with E-state index in [4.69, 9.17) is 9.31 Å². The SMILES string of the molecule is CC1(C)OB(c2cc3ccccc3c3c2[nH]c2ccccc23)OC1(C)C. The van der Waals surface area contributed by atoms with Crippen LogP contribution < -0.4 is 5.46 Å². The molecule has 1 aliphatic heterocycles. The number of aromatic amines is 1. The lowest BCUT2D eigenvalue weighted by Crippen LogP contribution is -2.41. The van der Waals surface area contributed by atoms with E-state index in [2.05, 4.69) is 87.3 Å². The number of hydrogen-bond donors (Lipinski definition) is 1. The molecule has 130 valence electrons. The summed E-state index contributed by atoms with van der Waals surface area (Å²) in [6.45, 7) is 8.37. The first-order chi connectivity index (χ1) is 12.4. The van der Waals surface area contributed by atoms with Gasteiger partial charge >= 0.3 is 7.12 Å². The van der Waals surface area contributed by atoms with Gasteiger partial charge in [0.25, 0.3) is 0 Å². The lowest BCUT2D eigenvalue weighted by Gasteiger charge is -2.32. The van der Waals surface area contributed by atoms with Crippen molar-refractivity contribution in [2.24, 2.45) is 0 Å². The lowest BCUT2D eigenvalue weighted by molar-refractivity contribution is 0.00578. The normalized spacial score (nSPS) is 19.0. The van der Waals surface area contributed by atoms with Gasteiger partial charge in [-0.1, -0.05) is 48.5 Å². The molecule has 0 saturated carbocycles. The molecule has 0 atom stereocenters. The van der Waals surface area contributed by atoms with Crippen molar-refractivity contribution >= 4 is 45.2 Å². The van der Waals surface area contributed by atoms with E-state index in [1.807, 2.05) is 0 Å². The third-order valence-electron chi connectivity index (χ3n) is 6.04. The van der Waals surface area contributed by atoms with Crippen molar-refractivity contribution in [2.45, 2.75) is 38.9 Å². The first-order valence-corrected chi connectivity index (χ1v) is 9.15. The topological polar surface area (TPSA) is 34.2 Å². The number of aromatic nitrogens is 1. The molecule has 0 unspecified atom stereocenters. The van der Waals surface area contributed by atoms with E-state index in [0.29, 0.717) is 0 Å². The minimum absolute atomic E-state index is 0.359.